The van der Waals surface area contributed by atoms with E-state index < -0.39 is 0 Å². The van der Waals surface area contributed by atoms with E-state index in [0.29, 0.717) is 53.3 Å². The standard InChI is InChI=1S/C23H25Cl2NO4/c24-18-2-1-3-19(25)20(18)21-17(22(30-26-21)13-4-5-13)12-27-16-10-14-6-7-15(11-16)23(14)28-8-9-29-23/h1-3,13-16H,4-12H2/t14-,15+,16+. The van der Waals surface area contributed by atoms with Gasteiger partial charge in [0.1, 0.15) is 11.5 Å². The lowest BCUT2D eigenvalue weighted by Gasteiger charge is -2.41. The molecular formula is C23H25Cl2NO4. The SMILES string of the molecule is Clc1cccc(Cl)c1-c1noc(C2CC2)c1CO[C@H]1C[C@H]2CC[C@@H](C1)C21OCCO1. The maximum Gasteiger partial charge on any atom is 0.174 e. The molecule has 1 aliphatic heterocycles. The average Bonchev–Trinajstić information content (AvgIpc) is 3.28. The van der Waals surface area contributed by atoms with Crippen LogP contribution in [-0.2, 0) is 20.8 Å². The van der Waals surface area contributed by atoms with Gasteiger partial charge in [0.05, 0.1) is 36.0 Å². The van der Waals surface area contributed by atoms with Gasteiger partial charge in [-0.1, -0.05) is 34.4 Å². The van der Waals surface area contributed by atoms with Gasteiger partial charge < -0.3 is 18.7 Å². The Morgan fingerprint density at radius 1 is 1.00 bits per heavy atom. The van der Waals surface area contributed by atoms with Gasteiger partial charge in [-0.3, -0.25) is 0 Å². The monoisotopic (exact) mass is 449 g/mol. The van der Waals surface area contributed by atoms with Crippen LogP contribution in [0.15, 0.2) is 22.7 Å². The van der Waals surface area contributed by atoms with Crippen LogP contribution in [0.4, 0.5) is 0 Å². The van der Waals surface area contributed by atoms with Crippen LogP contribution in [-0.4, -0.2) is 30.3 Å². The average molecular weight is 450 g/mol. The predicted molar refractivity (Wildman–Crippen MR) is 113 cm³/mol. The summed E-state index contributed by atoms with van der Waals surface area (Å²) >= 11 is 12.9. The van der Waals surface area contributed by atoms with Gasteiger partial charge in [0.15, 0.2) is 5.79 Å². The summed E-state index contributed by atoms with van der Waals surface area (Å²) in [5.41, 5.74) is 2.43. The van der Waals surface area contributed by atoms with Crippen molar-refractivity contribution in [2.75, 3.05) is 13.2 Å². The van der Waals surface area contributed by atoms with Gasteiger partial charge in [0.25, 0.3) is 0 Å². The third-order valence-electron chi connectivity index (χ3n) is 7.26. The van der Waals surface area contributed by atoms with Gasteiger partial charge in [0.2, 0.25) is 0 Å². The quantitative estimate of drug-likeness (QED) is 0.562. The molecule has 4 fully saturated rings. The van der Waals surface area contributed by atoms with E-state index in [0.717, 1.165) is 55.4 Å². The zero-order valence-electron chi connectivity index (χ0n) is 16.7. The molecule has 0 amide bonds. The van der Waals surface area contributed by atoms with E-state index in [4.69, 9.17) is 41.9 Å². The van der Waals surface area contributed by atoms with E-state index in [1.165, 1.54) is 0 Å². The Kier molecular flexibility index (Phi) is 4.88. The predicted octanol–water partition coefficient (Wildman–Crippen LogP) is 5.97. The van der Waals surface area contributed by atoms with Crippen molar-refractivity contribution in [3.05, 3.63) is 39.6 Å². The summed E-state index contributed by atoms with van der Waals surface area (Å²) in [6, 6.07) is 5.50. The van der Waals surface area contributed by atoms with Crippen LogP contribution in [0.3, 0.4) is 0 Å². The number of rotatable bonds is 5. The van der Waals surface area contributed by atoms with Crippen LogP contribution in [0, 0.1) is 11.8 Å². The van der Waals surface area contributed by atoms with Crippen molar-refractivity contribution in [3.63, 3.8) is 0 Å². The molecule has 4 aliphatic rings. The molecule has 3 saturated carbocycles. The number of aromatic nitrogens is 1. The minimum absolute atomic E-state index is 0.192. The maximum atomic E-state index is 6.47. The zero-order chi connectivity index (χ0) is 20.3. The van der Waals surface area contributed by atoms with Gasteiger partial charge in [-0.25, -0.2) is 0 Å². The van der Waals surface area contributed by atoms with Gasteiger partial charge in [-0.2, -0.15) is 0 Å². The Balaban J connectivity index is 1.24. The van der Waals surface area contributed by atoms with Gasteiger partial charge in [-0.05, 0) is 50.7 Å². The lowest BCUT2D eigenvalue weighted by molar-refractivity contribution is -0.238. The Morgan fingerprint density at radius 3 is 2.30 bits per heavy atom. The van der Waals surface area contributed by atoms with E-state index in [1.54, 1.807) is 0 Å². The number of halogens is 2. The fourth-order valence-corrected chi connectivity index (χ4v) is 6.31. The highest BCUT2D eigenvalue weighted by atomic mass is 35.5. The lowest BCUT2D eigenvalue weighted by Crippen LogP contribution is -2.47. The Morgan fingerprint density at radius 2 is 1.67 bits per heavy atom. The second-order valence-electron chi connectivity index (χ2n) is 9.04. The molecule has 2 aromatic rings. The second kappa shape index (κ2) is 7.49. The Hall–Kier alpha value is -1.11. The summed E-state index contributed by atoms with van der Waals surface area (Å²) < 4.78 is 24.4. The Labute approximate surface area is 185 Å². The molecule has 1 saturated heterocycles. The molecule has 0 radical (unpaired) electrons. The molecule has 1 aromatic carbocycles. The van der Waals surface area contributed by atoms with E-state index in [9.17, 15) is 0 Å². The van der Waals surface area contributed by atoms with Crippen LogP contribution in [0.1, 0.15) is 55.8 Å². The molecule has 7 heteroatoms. The highest BCUT2D eigenvalue weighted by molar-refractivity contribution is 6.39. The van der Waals surface area contributed by atoms with Gasteiger partial charge >= 0.3 is 0 Å². The molecule has 0 N–H and O–H groups in total. The topological polar surface area (TPSA) is 53.7 Å². The second-order valence-corrected chi connectivity index (χ2v) is 9.85. The summed E-state index contributed by atoms with van der Waals surface area (Å²) in [6.07, 6.45) is 6.71. The highest BCUT2D eigenvalue weighted by Gasteiger charge is 2.58. The number of ether oxygens (including phenoxy) is 3. The summed E-state index contributed by atoms with van der Waals surface area (Å²) in [6.45, 7) is 1.89. The first kappa shape index (κ1) is 19.6. The summed E-state index contributed by atoms with van der Waals surface area (Å²) in [5.74, 6) is 1.86. The van der Waals surface area contributed by atoms with Crippen LogP contribution in [0.2, 0.25) is 10.0 Å². The first-order valence-corrected chi connectivity index (χ1v) is 11.7. The van der Waals surface area contributed by atoms with E-state index in [-0.39, 0.29) is 11.9 Å². The van der Waals surface area contributed by atoms with Crippen molar-refractivity contribution in [2.24, 2.45) is 11.8 Å². The molecule has 3 atom stereocenters. The first-order chi connectivity index (χ1) is 14.7. The lowest BCUT2D eigenvalue weighted by atomic mass is 9.81. The number of hydrogen-bond donors (Lipinski definition) is 0. The number of hydrogen-bond acceptors (Lipinski definition) is 5. The van der Waals surface area contributed by atoms with E-state index in [2.05, 4.69) is 5.16 Å². The zero-order valence-corrected chi connectivity index (χ0v) is 18.3. The van der Waals surface area contributed by atoms with Crippen molar-refractivity contribution in [1.82, 2.24) is 5.16 Å². The van der Waals surface area contributed by atoms with Crippen molar-refractivity contribution in [3.8, 4) is 11.3 Å². The molecular weight excluding hydrogens is 425 g/mol. The molecule has 2 bridgehead atoms. The van der Waals surface area contributed by atoms with Crippen molar-refractivity contribution < 1.29 is 18.7 Å². The van der Waals surface area contributed by atoms with Crippen LogP contribution < -0.4 is 0 Å². The van der Waals surface area contributed by atoms with Crippen molar-refractivity contribution in [2.45, 2.75) is 62.9 Å². The fourth-order valence-electron chi connectivity index (χ4n) is 5.73. The summed E-state index contributed by atoms with van der Waals surface area (Å²) in [7, 11) is 0. The molecule has 3 aliphatic carbocycles. The molecule has 160 valence electrons. The normalized spacial score (nSPS) is 29.7. The fraction of sp³-hybridized carbons (Fsp3) is 0.609. The van der Waals surface area contributed by atoms with E-state index in [1.807, 2.05) is 18.2 Å². The van der Waals surface area contributed by atoms with Crippen LogP contribution in [0.25, 0.3) is 11.3 Å². The molecule has 6 rings (SSSR count). The van der Waals surface area contributed by atoms with Gasteiger partial charge in [0, 0.05) is 28.9 Å². The third-order valence-corrected chi connectivity index (χ3v) is 7.89. The largest absolute Gasteiger partial charge is 0.373 e. The first-order valence-electron chi connectivity index (χ1n) is 11.0. The molecule has 0 unspecified atom stereocenters. The van der Waals surface area contributed by atoms with Gasteiger partial charge in [-0.15, -0.1) is 0 Å². The molecule has 1 aromatic heterocycles. The molecule has 2 heterocycles. The highest BCUT2D eigenvalue weighted by Crippen LogP contribution is 2.55. The molecule has 5 nitrogen and oxygen atoms in total. The van der Waals surface area contributed by atoms with Crippen molar-refractivity contribution in [1.29, 1.82) is 0 Å². The molecule has 1 spiro atoms. The molecule has 30 heavy (non-hydrogen) atoms. The smallest absolute Gasteiger partial charge is 0.174 e. The summed E-state index contributed by atoms with van der Waals surface area (Å²) in [5, 5.41) is 5.52. The Bertz CT molecular complexity index is 914. The maximum absolute atomic E-state index is 6.47. The number of benzene rings is 1. The third kappa shape index (κ3) is 3.13. The number of nitrogens with zero attached hydrogens (tertiary/aromatic N) is 1. The van der Waals surface area contributed by atoms with Crippen LogP contribution in [0.5, 0.6) is 0 Å². The minimum Gasteiger partial charge on any atom is -0.373 e. The minimum atomic E-state index is -0.341. The summed E-state index contributed by atoms with van der Waals surface area (Å²) in [4.78, 5) is 0. The van der Waals surface area contributed by atoms with Crippen molar-refractivity contribution >= 4 is 23.2 Å². The van der Waals surface area contributed by atoms with E-state index >= 15 is 0 Å². The van der Waals surface area contributed by atoms with Crippen LogP contribution >= 0.6 is 23.2 Å².